The van der Waals surface area contributed by atoms with Crippen molar-refractivity contribution < 1.29 is 19.2 Å². The number of hydrogen-bond donors (Lipinski definition) is 0. The lowest BCUT2D eigenvalue weighted by Gasteiger charge is -2.09. The maximum Gasteiger partial charge on any atom is 0.280 e. The fourth-order valence-corrected chi connectivity index (χ4v) is 3.66. The number of amides is 1. The van der Waals surface area contributed by atoms with Crippen LogP contribution in [0.1, 0.15) is 11.1 Å². The van der Waals surface area contributed by atoms with E-state index in [4.69, 9.17) is 9.47 Å². The van der Waals surface area contributed by atoms with Crippen molar-refractivity contribution in [1.29, 1.82) is 0 Å². The average Bonchev–Trinajstić information content (AvgIpc) is 2.96. The van der Waals surface area contributed by atoms with Gasteiger partial charge in [0.1, 0.15) is 0 Å². The van der Waals surface area contributed by atoms with Gasteiger partial charge in [-0.05, 0) is 43.0 Å². The minimum absolute atomic E-state index is 0.185. The average molecular weight is 413 g/mol. The van der Waals surface area contributed by atoms with Crippen LogP contribution in [0.15, 0.2) is 46.3 Å². The third kappa shape index (κ3) is 4.24. The molecule has 1 fully saturated rings. The van der Waals surface area contributed by atoms with Crippen molar-refractivity contribution in [3.63, 3.8) is 0 Å². The van der Waals surface area contributed by atoms with Crippen LogP contribution in [-0.2, 0) is 4.79 Å². The van der Waals surface area contributed by atoms with Gasteiger partial charge in [0.15, 0.2) is 16.7 Å². The fourth-order valence-electron chi connectivity index (χ4n) is 2.68. The van der Waals surface area contributed by atoms with Crippen molar-refractivity contribution >= 4 is 40.3 Å². The first-order valence-electron chi connectivity index (χ1n) is 8.57. The van der Waals surface area contributed by atoms with Gasteiger partial charge in [-0.1, -0.05) is 17.7 Å². The lowest BCUT2D eigenvalue weighted by Crippen LogP contribution is -2.23. The van der Waals surface area contributed by atoms with Crippen molar-refractivity contribution in [3.8, 4) is 11.5 Å². The van der Waals surface area contributed by atoms with Crippen molar-refractivity contribution in [2.45, 2.75) is 6.92 Å². The Hall–Kier alpha value is -3.33. The lowest BCUT2D eigenvalue weighted by atomic mass is 10.1. The molecule has 0 saturated carbocycles. The summed E-state index contributed by atoms with van der Waals surface area (Å²) in [6.45, 7) is 1.98. The first-order chi connectivity index (χ1) is 13.8. The number of carbonyl (C=O) groups is 1. The summed E-state index contributed by atoms with van der Waals surface area (Å²) in [5.41, 5.74) is 1.89. The highest BCUT2D eigenvalue weighted by molar-refractivity contribution is 8.18. The predicted molar refractivity (Wildman–Crippen MR) is 113 cm³/mol. The molecule has 8 nitrogen and oxygen atoms in total. The molecule has 2 aromatic carbocycles. The molecule has 0 atom stereocenters. The molecule has 9 heteroatoms. The highest BCUT2D eigenvalue weighted by atomic mass is 32.2. The van der Waals surface area contributed by atoms with Gasteiger partial charge in [0.25, 0.3) is 11.6 Å². The zero-order valence-electron chi connectivity index (χ0n) is 16.3. The summed E-state index contributed by atoms with van der Waals surface area (Å²) in [4.78, 5) is 29.9. The number of aryl methyl sites for hydroxylation is 1. The zero-order valence-corrected chi connectivity index (χ0v) is 17.1. The van der Waals surface area contributed by atoms with Crippen LogP contribution in [0.4, 0.5) is 11.4 Å². The highest BCUT2D eigenvalue weighted by Gasteiger charge is 2.31. The van der Waals surface area contributed by atoms with Crippen LogP contribution in [-0.4, -0.2) is 42.2 Å². The normalized spacial score (nSPS) is 16.6. The minimum Gasteiger partial charge on any atom is -0.493 e. The summed E-state index contributed by atoms with van der Waals surface area (Å²) in [6.07, 6.45) is 1.47. The third-order valence-electron chi connectivity index (χ3n) is 4.28. The Balaban J connectivity index is 2.01. The van der Waals surface area contributed by atoms with Gasteiger partial charge < -0.3 is 9.47 Å². The largest absolute Gasteiger partial charge is 0.493 e. The van der Waals surface area contributed by atoms with E-state index in [1.807, 2.05) is 31.2 Å². The molecule has 0 aromatic heterocycles. The van der Waals surface area contributed by atoms with Crippen molar-refractivity contribution in [2.24, 2.45) is 4.99 Å². The number of nitrogens with zero attached hydrogens (tertiary/aromatic N) is 3. The van der Waals surface area contributed by atoms with E-state index in [0.29, 0.717) is 15.8 Å². The lowest BCUT2D eigenvalue weighted by molar-refractivity contribution is -0.385. The van der Waals surface area contributed by atoms with Gasteiger partial charge in [0, 0.05) is 7.05 Å². The standard InChI is InChI=1S/C20H19N3O5S/c1-12-5-7-14(8-6-12)21-20-22(2)19(24)18(29-20)10-13-9-16(27-3)17(28-4)11-15(13)23(25)26/h5-11H,1-4H3/b18-10+,21-20?. The molecule has 0 bridgehead atoms. The molecule has 1 aliphatic heterocycles. The molecule has 0 radical (unpaired) electrons. The molecule has 1 amide bonds. The number of thioether (sulfide) groups is 1. The van der Waals surface area contributed by atoms with Gasteiger partial charge in [-0.3, -0.25) is 19.8 Å². The molecule has 0 N–H and O–H groups in total. The SMILES string of the molecule is COc1cc(/C=C2/SC(=Nc3ccc(C)cc3)N(C)C2=O)c([N+](=O)[O-])cc1OC. The first kappa shape index (κ1) is 20.4. The number of rotatable bonds is 5. The van der Waals surface area contributed by atoms with Crippen molar-refractivity contribution in [2.75, 3.05) is 21.3 Å². The van der Waals surface area contributed by atoms with E-state index in [9.17, 15) is 14.9 Å². The predicted octanol–water partition coefficient (Wildman–Crippen LogP) is 4.15. The van der Waals surface area contributed by atoms with Gasteiger partial charge in [-0.15, -0.1) is 0 Å². The van der Waals surface area contributed by atoms with Crippen molar-refractivity contribution in [3.05, 3.63) is 62.5 Å². The second-order valence-corrected chi connectivity index (χ2v) is 7.24. The molecule has 0 spiro atoms. The second kappa shape index (κ2) is 8.36. The highest BCUT2D eigenvalue weighted by Crippen LogP contribution is 2.39. The van der Waals surface area contributed by atoms with Crippen LogP contribution in [0.5, 0.6) is 11.5 Å². The quantitative estimate of drug-likeness (QED) is 0.415. The minimum atomic E-state index is -0.524. The summed E-state index contributed by atoms with van der Waals surface area (Å²) in [5.74, 6) is 0.290. The Labute approximate surface area is 172 Å². The maximum atomic E-state index is 12.7. The van der Waals surface area contributed by atoms with Crippen LogP contribution < -0.4 is 9.47 Å². The number of hydrogen-bond acceptors (Lipinski definition) is 7. The summed E-state index contributed by atoms with van der Waals surface area (Å²) in [5, 5.41) is 12.0. The number of nitro groups is 1. The first-order valence-corrected chi connectivity index (χ1v) is 9.39. The number of amidine groups is 1. The van der Waals surface area contributed by atoms with E-state index in [2.05, 4.69) is 4.99 Å². The Bertz CT molecular complexity index is 1030. The summed E-state index contributed by atoms with van der Waals surface area (Å²) in [7, 11) is 4.46. The second-order valence-electron chi connectivity index (χ2n) is 6.23. The van der Waals surface area contributed by atoms with Crippen LogP contribution in [0.3, 0.4) is 0 Å². The van der Waals surface area contributed by atoms with Gasteiger partial charge in [0.05, 0.1) is 41.4 Å². The molecule has 1 aliphatic rings. The van der Waals surface area contributed by atoms with Gasteiger partial charge >= 0.3 is 0 Å². The van der Waals surface area contributed by atoms with E-state index in [0.717, 1.165) is 23.0 Å². The fraction of sp³-hybridized carbons (Fsp3) is 0.200. The van der Waals surface area contributed by atoms with Crippen LogP contribution >= 0.6 is 11.8 Å². The Morgan fingerprint density at radius 2 is 1.76 bits per heavy atom. The summed E-state index contributed by atoms with van der Waals surface area (Å²) < 4.78 is 10.4. The molecule has 1 saturated heterocycles. The van der Waals surface area contributed by atoms with E-state index in [1.54, 1.807) is 7.05 Å². The Kier molecular flexibility index (Phi) is 5.88. The number of benzene rings is 2. The molecule has 29 heavy (non-hydrogen) atoms. The van der Waals surface area contributed by atoms with E-state index in [-0.39, 0.29) is 22.9 Å². The molecule has 0 aliphatic carbocycles. The van der Waals surface area contributed by atoms with E-state index >= 15 is 0 Å². The van der Waals surface area contributed by atoms with Crippen LogP contribution in [0.25, 0.3) is 6.08 Å². The van der Waals surface area contributed by atoms with Crippen molar-refractivity contribution in [1.82, 2.24) is 4.90 Å². The number of ether oxygens (including phenoxy) is 2. The van der Waals surface area contributed by atoms with Crippen LogP contribution in [0.2, 0.25) is 0 Å². The smallest absolute Gasteiger partial charge is 0.280 e. The molecule has 2 aromatic rings. The molecule has 0 unspecified atom stereocenters. The number of carbonyl (C=O) groups excluding carboxylic acids is 1. The van der Waals surface area contributed by atoms with Crippen LogP contribution in [0, 0.1) is 17.0 Å². The number of likely N-dealkylation sites (N-methyl/N-ethyl adjacent to an activating group) is 1. The summed E-state index contributed by atoms with van der Waals surface area (Å²) in [6, 6.07) is 10.4. The van der Waals surface area contributed by atoms with Gasteiger partial charge in [0.2, 0.25) is 0 Å². The number of nitro benzene ring substituents is 1. The molecule has 3 rings (SSSR count). The van der Waals surface area contributed by atoms with Gasteiger partial charge in [-0.2, -0.15) is 0 Å². The topological polar surface area (TPSA) is 94.3 Å². The Morgan fingerprint density at radius 3 is 2.34 bits per heavy atom. The maximum absolute atomic E-state index is 12.7. The molecule has 1 heterocycles. The number of methoxy groups -OCH3 is 2. The van der Waals surface area contributed by atoms with Gasteiger partial charge in [-0.25, -0.2) is 4.99 Å². The zero-order chi connectivity index (χ0) is 21.1. The number of aliphatic imine (C=N–C) groups is 1. The monoisotopic (exact) mass is 413 g/mol. The Morgan fingerprint density at radius 1 is 1.14 bits per heavy atom. The van der Waals surface area contributed by atoms with E-state index in [1.165, 1.54) is 37.3 Å². The third-order valence-corrected chi connectivity index (χ3v) is 5.34. The molecular formula is C20H19N3O5S. The molecular weight excluding hydrogens is 394 g/mol. The summed E-state index contributed by atoms with van der Waals surface area (Å²) >= 11 is 1.16. The van der Waals surface area contributed by atoms with E-state index < -0.39 is 4.92 Å². The molecule has 150 valence electrons.